The van der Waals surface area contributed by atoms with Gasteiger partial charge in [0.2, 0.25) is 0 Å². The Bertz CT molecular complexity index is 1130. The Balaban J connectivity index is 1.91. The Hall–Kier alpha value is -3.64. The van der Waals surface area contributed by atoms with Gasteiger partial charge in [-0.3, -0.25) is 0 Å². The quantitative estimate of drug-likeness (QED) is 0.348. The van der Waals surface area contributed by atoms with Crippen molar-refractivity contribution in [3.63, 3.8) is 0 Å². The maximum atomic E-state index is 13.2. The van der Waals surface area contributed by atoms with Gasteiger partial charge in [0.15, 0.2) is 0 Å². The van der Waals surface area contributed by atoms with Crippen LogP contribution in [0.1, 0.15) is 21.5 Å². The Kier molecular flexibility index (Phi) is 6.72. The van der Waals surface area contributed by atoms with Crippen molar-refractivity contribution in [3.8, 4) is 6.07 Å². The van der Waals surface area contributed by atoms with Gasteiger partial charge in [-0.2, -0.15) is 18.4 Å². The summed E-state index contributed by atoms with van der Waals surface area (Å²) in [5.74, 6) is -0.551. The van der Waals surface area contributed by atoms with Crippen LogP contribution in [0.3, 0.4) is 0 Å². The number of alkyl halides is 3. The maximum Gasteiger partial charge on any atom is 0.416 e. The van der Waals surface area contributed by atoms with E-state index in [4.69, 9.17) is 10.00 Å². The van der Waals surface area contributed by atoms with Gasteiger partial charge >= 0.3 is 12.1 Å². The number of methoxy groups -OCH3 is 1. The van der Waals surface area contributed by atoms with Crippen molar-refractivity contribution in [1.29, 1.82) is 5.26 Å². The van der Waals surface area contributed by atoms with Crippen LogP contribution in [-0.4, -0.2) is 13.1 Å². The molecule has 0 saturated heterocycles. The second-order valence-corrected chi connectivity index (χ2v) is 7.11. The highest BCUT2D eigenvalue weighted by atomic mass is 32.2. The molecule has 9 heteroatoms. The molecule has 0 radical (unpaired) electrons. The van der Waals surface area contributed by atoms with Crippen LogP contribution in [0.15, 0.2) is 71.6 Å². The first kappa shape index (κ1) is 22.1. The average Bonchev–Trinajstić information content (AvgIpc) is 2.77. The van der Waals surface area contributed by atoms with Gasteiger partial charge in [-0.05, 0) is 66.5 Å². The van der Waals surface area contributed by atoms with Crippen molar-refractivity contribution in [2.24, 2.45) is 0 Å². The third kappa shape index (κ3) is 5.49. The predicted molar refractivity (Wildman–Crippen MR) is 113 cm³/mol. The number of esters is 1. The van der Waals surface area contributed by atoms with Crippen molar-refractivity contribution in [2.75, 3.05) is 17.1 Å². The van der Waals surface area contributed by atoms with E-state index in [-0.39, 0.29) is 11.3 Å². The summed E-state index contributed by atoms with van der Waals surface area (Å²) in [6.07, 6.45) is -4.52. The lowest BCUT2D eigenvalue weighted by Crippen LogP contribution is -2.07. The molecular formula is C22H16F3N3O2S. The van der Waals surface area contributed by atoms with Gasteiger partial charge in [-0.1, -0.05) is 12.1 Å². The van der Waals surface area contributed by atoms with Crippen LogP contribution in [0.2, 0.25) is 0 Å². The number of anilines is 3. The normalized spacial score (nSPS) is 10.8. The maximum absolute atomic E-state index is 13.2. The van der Waals surface area contributed by atoms with Gasteiger partial charge in [-0.15, -0.1) is 0 Å². The highest BCUT2D eigenvalue weighted by Crippen LogP contribution is 2.37. The van der Waals surface area contributed by atoms with Crippen molar-refractivity contribution in [1.82, 2.24) is 0 Å². The first-order valence-electron chi connectivity index (χ1n) is 8.90. The fourth-order valence-corrected chi connectivity index (χ4v) is 3.44. The van der Waals surface area contributed by atoms with E-state index in [1.807, 2.05) is 6.07 Å². The lowest BCUT2D eigenvalue weighted by molar-refractivity contribution is -0.137. The molecule has 0 aliphatic heterocycles. The van der Waals surface area contributed by atoms with Gasteiger partial charge in [0, 0.05) is 10.6 Å². The molecule has 3 aromatic rings. The SMILES string of the molecule is COC(=O)c1ccccc1SNc1cc(C(F)(F)F)ccc1Nc1ccc(C#N)cc1. The smallest absolute Gasteiger partial charge is 0.416 e. The molecule has 31 heavy (non-hydrogen) atoms. The summed E-state index contributed by atoms with van der Waals surface area (Å²) in [7, 11) is 1.25. The molecule has 3 rings (SSSR count). The molecule has 0 amide bonds. The minimum Gasteiger partial charge on any atom is -0.465 e. The topological polar surface area (TPSA) is 74.2 Å². The number of carbonyl (C=O) groups is 1. The molecule has 0 aliphatic rings. The van der Waals surface area contributed by atoms with Crippen LogP contribution >= 0.6 is 11.9 Å². The Morgan fingerprint density at radius 2 is 1.74 bits per heavy atom. The van der Waals surface area contributed by atoms with E-state index in [1.165, 1.54) is 13.2 Å². The Morgan fingerprint density at radius 1 is 1.03 bits per heavy atom. The van der Waals surface area contributed by atoms with Gasteiger partial charge in [0.1, 0.15) is 0 Å². The first-order valence-corrected chi connectivity index (χ1v) is 9.72. The Labute approximate surface area is 181 Å². The number of nitrogens with one attached hydrogen (secondary N) is 2. The molecule has 0 heterocycles. The third-order valence-corrected chi connectivity index (χ3v) is 5.10. The summed E-state index contributed by atoms with van der Waals surface area (Å²) in [4.78, 5) is 12.4. The number of hydrogen-bond acceptors (Lipinski definition) is 6. The fraction of sp³-hybridized carbons (Fsp3) is 0.0909. The molecule has 0 bridgehead atoms. The van der Waals surface area contributed by atoms with Gasteiger partial charge < -0.3 is 14.8 Å². The molecule has 0 spiro atoms. The molecule has 0 aliphatic carbocycles. The summed E-state index contributed by atoms with van der Waals surface area (Å²) < 4.78 is 47.4. The standard InChI is InChI=1S/C22H16F3N3O2S/c1-30-21(29)17-4-2-3-5-20(17)31-28-19-12-15(22(23,24)25)8-11-18(19)27-16-9-6-14(13-26)7-10-16/h2-12,27-28H,1H3. The van der Waals surface area contributed by atoms with Crippen LogP contribution in [0.5, 0.6) is 0 Å². The number of hydrogen-bond donors (Lipinski definition) is 2. The average molecular weight is 443 g/mol. The monoisotopic (exact) mass is 443 g/mol. The van der Waals surface area contributed by atoms with E-state index >= 15 is 0 Å². The van der Waals surface area contributed by atoms with E-state index in [1.54, 1.807) is 48.5 Å². The zero-order valence-electron chi connectivity index (χ0n) is 16.2. The van der Waals surface area contributed by atoms with Gasteiger partial charge in [0.25, 0.3) is 0 Å². The van der Waals surface area contributed by atoms with E-state index in [9.17, 15) is 18.0 Å². The van der Waals surface area contributed by atoms with Crippen molar-refractivity contribution < 1.29 is 22.7 Å². The van der Waals surface area contributed by atoms with E-state index < -0.39 is 17.7 Å². The molecule has 5 nitrogen and oxygen atoms in total. The third-order valence-electron chi connectivity index (χ3n) is 4.20. The van der Waals surface area contributed by atoms with Crippen LogP contribution < -0.4 is 10.0 Å². The van der Waals surface area contributed by atoms with Gasteiger partial charge in [0.05, 0.1) is 41.2 Å². The molecule has 2 N–H and O–H groups in total. The number of carbonyl (C=O) groups excluding carboxylic acids is 1. The fourth-order valence-electron chi connectivity index (χ4n) is 2.64. The predicted octanol–water partition coefficient (Wildman–Crippen LogP) is 6.23. The molecule has 158 valence electrons. The lowest BCUT2D eigenvalue weighted by atomic mass is 10.1. The summed E-state index contributed by atoms with van der Waals surface area (Å²) >= 11 is 0.993. The van der Waals surface area contributed by atoms with Crippen molar-refractivity contribution in [3.05, 3.63) is 83.4 Å². The van der Waals surface area contributed by atoms with E-state index in [2.05, 4.69) is 10.0 Å². The first-order chi connectivity index (χ1) is 14.8. The molecule has 0 saturated carbocycles. The molecule has 0 fully saturated rings. The van der Waals surface area contributed by atoms with E-state index in [0.29, 0.717) is 21.8 Å². The van der Waals surface area contributed by atoms with Crippen molar-refractivity contribution in [2.45, 2.75) is 11.1 Å². The largest absolute Gasteiger partial charge is 0.465 e. The molecule has 3 aromatic carbocycles. The second-order valence-electron chi connectivity index (χ2n) is 6.26. The Morgan fingerprint density at radius 3 is 2.39 bits per heavy atom. The number of rotatable bonds is 6. The lowest BCUT2D eigenvalue weighted by Gasteiger charge is -2.17. The minimum atomic E-state index is -4.52. The zero-order chi connectivity index (χ0) is 22.4. The molecular weight excluding hydrogens is 427 g/mol. The van der Waals surface area contributed by atoms with Crippen LogP contribution in [0.25, 0.3) is 0 Å². The second kappa shape index (κ2) is 9.45. The minimum absolute atomic E-state index is 0.170. The zero-order valence-corrected chi connectivity index (χ0v) is 17.0. The summed E-state index contributed by atoms with van der Waals surface area (Å²) in [5.41, 5.74) is 1.09. The number of ether oxygens (including phenoxy) is 1. The summed E-state index contributed by atoms with van der Waals surface area (Å²) in [5, 5.41) is 11.9. The summed E-state index contributed by atoms with van der Waals surface area (Å²) in [6, 6.07) is 18.4. The van der Waals surface area contributed by atoms with E-state index in [0.717, 1.165) is 24.1 Å². The van der Waals surface area contributed by atoms with Gasteiger partial charge in [-0.25, -0.2) is 4.79 Å². The number of halogens is 3. The van der Waals surface area contributed by atoms with Crippen molar-refractivity contribution >= 4 is 35.0 Å². The van der Waals surface area contributed by atoms with Crippen LogP contribution in [0, 0.1) is 11.3 Å². The number of nitrogens with zero attached hydrogens (tertiary/aromatic N) is 1. The van der Waals surface area contributed by atoms with Crippen LogP contribution in [0.4, 0.5) is 30.2 Å². The molecule has 0 unspecified atom stereocenters. The number of benzene rings is 3. The molecule has 0 atom stereocenters. The summed E-state index contributed by atoms with van der Waals surface area (Å²) in [6.45, 7) is 0. The van der Waals surface area contributed by atoms with Crippen LogP contribution in [-0.2, 0) is 10.9 Å². The highest BCUT2D eigenvalue weighted by molar-refractivity contribution is 8.00. The molecule has 0 aromatic heterocycles. The number of nitriles is 1. The highest BCUT2D eigenvalue weighted by Gasteiger charge is 2.31.